The van der Waals surface area contributed by atoms with E-state index >= 15 is 0 Å². The maximum Gasteiger partial charge on any atom is 0.165 e. The van der Waals surface area contributed by atoms with Crippen molar-refractivity contribution in [1.29, 1.82) is 0 Å². The Morgan fingerprint density at radius 2 is 2.29 bits per heavy atom. The van der Waals surface area contributed by atoms with Gasteiger partial charge in [0.25, 0.3) is 0 Å². The monoisotopic (exact) mass is 255 g/mol. The summed E-state index contributed by atoms with van der Waals surface area (Å²) < 4.78 is 6.73. The van der Waals surface area contributed by atoms with Crippen LogP contribution in [-0.4, -0.2) is 43.7 Å². The number of aromatic nitrogens is 4. The van der Waals surface area contributed by atoms with E-state index in [1.165, 1.54) is 13.4 Å². The number of nitrogens with zero attached hydrogens (tertiary/aromatic N) is 4. The highest BCUT2D eigenvalue weighted by Gasteiger charge is 2.16. The first-order valence-corrected chi connectivity index (χ1v) is 5.68. The number of rotatable bonds is 4. The second kappa shape index (κ2) is 4.91. The molecule has 0 aromatic carbocycles. The van der Waals surface area contributed by atoms with Crippen LogP contribution in [0.3, 0.4) is 0 Å². The molecule has 2 heterocycles. The molecule has 0 radical (unpaired) electrons. The molecule has 3 unspecified atom stereocenters. The average Bonchev–Trinajstić information content (AvgIpc) is 2.73. The van der Waals surface area contributed by atoms with Gasteiger partial charge in [0, 0.05) is 7.11 Å². The summed E-state index contributed by atoms with van der Waals surface area (Å²) in [4.78, 5) is 12.1. The smallest absolute Gasteiger partial charge is 0.165 e. The summed E-state index contributed by atoms with van der Waals surface area (Å²) in [5, 5.41) is 9.85. The number of aliphatic hydroxyl groups is 1. The van der Waals surface area contributed by atoms with Gasteiger partial charge >= 0.3 is 0 Å². The van der Waals surface area contributed by atoms with Gasteiger partial charge in [0.2, 0.25) is 0 Å². The van der Waals surface area contributed by atoms with Crippen molar-refractivity contribution in [3.8, 4) is 0 Å². The number of hydrogen-bond acceptors (Lipinski definition) is 6. The van der Waals surface area contributed by atoms with Crippen molar-refractivity contribution in [1.82, 2.24) is 19.5 Å². The van der Waals surface area contributed by atoms with Crippen LogP contribution in [0.1, 0.15) is 0 Å². The van der Waals surface area contributed by atoms with Gasteiger partial charge in [-0.15, -0.1) is 9.24 Å². The summed E-state index contributed by atoms with van der Waals surface area (Å²) in [6.07, 6.45) is 2.28. The summed E-state index contributed by atoms with van der Waals surface area (Å²) in [5.74, 6) is -0.0101. The van der Waals surface area contributed by atoms with Crippen LogP contribution in [-0.2, 0) is 11.3 Å². The minimum absolute atomic E-state index is 0.328. The molecule has 0 aliphatic carbocycles. The topological polar surface area (TPSA) is 99.1 Å². The molecule has 17 heavy (non-hydrogen) atoms. The number of ether oxygens (including phenoxy) is 1. The largest absolute Gasteiger partial charge is 0.388 e. The van der Waals surface area contributed by atoms with Crippen LogP contribution in [0.15, 0.2) is 12.7 Å². The highest BCUT2D eigenvalue weighted by molar-refractivity contribution is 7.17. The Morgan fingerprint density at radius 3 is 3.00 bits per heavy atom. The Labute approximate surface area is 100 Å². The number of methoxy groups -OCH3 is 1. The lowest BCUT2D eigenvalue weighted by Gasteiger charge is -2.17. The van der Waals surface area contributed by atoms with Crippen LogP contribution < -0.4 is 5.73 Å². The first-order chi connectivity index (χ1) is 8.13. The van der Waals surface area contributed by atoms with Crippen molar-refractivity contribution < 1.29 is 9.84 Å². The van der Waals surface area contributed by atoms with Gasteiger partial charge in [-0.05, 0) is 0 Å². The van der Waals surface area contributed by atoms with Crippen molar-refractivity contribution in [3.05, 3.63) is 12.7 Å². The summed E-state index contributed by atoms with van der Waals surface area (Å²) in [6, 6.07) is 0. The van der Waals surface area contributed by atoms with Gasteiger partial charge in [-0.3, -0.25) is 0 Å². The number of aliphatic hydroxyl groups excluding tert-OH is 1. The predicted octanol–water partition coefficient (Wildman–Crippen LogP) is -0.383. The van der Waals surface area contributed by atoms with Crippen LogP contribution in [0.4, 0.5) is 5.82 Å². The van der Waals surface area contributed by atoms with E-state index < -0.39 is 6.10 Å². The lowest BCUT2D eigenvalue weighted by atomic mass is 10.3. The summed E-state index contributed by atoms with van der Waals surface area (Å²) in [7, 11) is 3.96. The molecule has 2 aromatic rings. The van der Waals surface area contributed by atoms with Crippen LogP contribution in [0.5, 0.6) is 0 Å². The van der Waals surface area contributed by atoms with Gasteiger partial charge in [-0.2, -0.15) is 0 Å². The zero-order valence-corrected chi connectivity index (χ0v) is 10.5. The van der Waals surface area contributed by atoms with E-state index in [2.05, 4.69) is 24.2 Å². The second-order valence-corrected chi connectivity index (χ2v) is 4.25. The lowest BCUT2D eigenvalue weighted by molar-refractivity contribution is 0.0318. The third-order valence-corrected chi connectivity index (χ3v) is 3.18. The molecule has 0 aliphatic rings. The molecule has 3 atom stereocenters. The Morgan fingerprint density at radius 1 is 1.53 bits per heavy atom. The van der Waals surface area contributed by atoms with E-state index in [0.29, 0.717) is 23.5 Å². The fourth-order valence-corrected chi connectivity index (χ4v) is 1.62. The molecule has 0 saturated heterocycles. The third-order valence-electron chi connectivity index (χ3n) is 2.46. The van der Waals surface area contributed by atoms with Crippen molar-refractivity contribution in [3.63, 3.8) is 0 Å². The minimum Gasteiger partial charge on any atom is -0.388 e. The first-order valence-electron chi connectivity index (χ1n) is 5.01. The fourth-order valence-electron chi connectivity index (χ4n) is 1.49. The summed E-state index contributed by atoms with van der Waals surface area (Å²) >= 11 is 0. The molecule has 0 fully saturated rings. The Hall–Kier alpha value is -1.30. The van der Waals surface area contributed by atoms with Gasteiger partial charge in [-0.1, -0.05) is 0 Å². The molecule has 0 aliphatic heterocycles. The Bertz CT molecular complexity index is 517. The van der Waals surface area contributed by atoms with E-state index in [1.54, 1.807) is 10.9 Å². The Kier molecular flexibility index (Phi) is 3.51. The number of nitrogens with two attached hydrogens (primary N) is 1. The second-order valence-electron chi connectivity index (χ2n) is 3.60. The lowest BCUT2D eigenvalue weighted by Crippen LogP contribution is -2.27. The fraction of sp³-hybridized carbons (Fsp3) is 0.444. The number of nitrogen functional groups attached to an aromatic ring is 1. The van der Waals surface area contributed by atoms with Crippen molar-refractivity contribution >= 4 is 26.2 Å². The van der Waals surface area contributed by atoms with Gasteiger partial charge in [0.05, 0.1) is 18.7 Å². The Balaban J connectivity index is 2.28. The van der Waals surface area contributed by atoms with Crippen molar-refractivity contribution in [2.24, 2.45) is 0 Å². The maximum absolute atomic E-state index is 9.85. The van der Waals surface area contributed by atoms with E-state index in [9.17, 15) is 5.11 Å². The van der Waals surface area contributed by atoms with Crippen molar-refractivity contribution in [2.75, 3.05) is 12.8 Å². The molecule has 8 heteroatoms. The molecule has 0 amide bonds. The zero-order valence-electron chi connectivity index (χ0n) is 9.32. The third kappa shape index (κ3) is 2.36. The molecule has 0 bridgehead atoms. The standard InChI is InChI=1S/C9H14N5O2P/c1-16-9(17)5(15)2-14-4-13-6-7(10)11-3-12-8(6)14/h3-5,9,15H,2,17H2,1H3,(H2,10,11,12). The molecule has 3 N–H and O–H groups in total. The summed E-state index contributed by atoms with van der Waals surface area (Å²) in [6.45, 7) is 0.328. The van der Waals surface area contributed by atoms with E-state index in [0.717, 1.165) is 0 Å². The van der Waals surface area contributed by atoms with E-state index in [-0.39, 0.29) is 5.85 Å². The van der Waals surface area contributed by atoms with Crippen LogP contribution in [0.2, 0.25) is 0 Å². The number of anilines is 1. The average molecular weight is 255 g/mol. The first kappa shape index (κ1) is 12.2. The SMILES string of the molecule is COC(P)C(O)Cn1cnc2c(N)ncnc21. The van der Waals surface area contributed by atoms with Crippen LogP contribution in [0, 0.1) is 0 Å². The molecule has 2 rings (SSSR count). The molecular formula is C9H14N5O2P. The molecule has 2 aromatic heterocycles. The summed E-state index contributed by atoms with van der Waals surface area (Å²) in [5.41, 5.74) is 6.81. The molecule has 0 saturated carbocycles. The highest BCUT2D eigenvalue weighted by Crippen LogP contribution is 2.16. The number of hydrogen-bond donors (Lipinski definition) is 2. The quantitative estimate of drug-likeness (QED) is 0.722. The number of imidazole rings is 1. The van der Waals surface area contributed by atoms with E-state index in [4.69, 9.17) is 10.5 Å². The molecule has 0 spiro atoms. The van der Waals surface area contributed by atoms with Gasteiger partial charge < -0.3 is 20.1 Å². The molecular weight excluding hydrogens is 241 g/mol. The van der Waals surface area contributed by atoms with Gasteiger partial charge in [0.1, 0.15) is 17.9 Å². The van der Waals surface area contributed by atoms with E-state index in [1.807, 2.05) is 0 Å². The molecule has 92 valence electrons. The number of fused-ring (bicyclic) bond motifs is 1. The highest BCUT2D eigenvalue weighted by atomic mass is 31.0. The predicted molar refractivity (Wildman–Crippen MR) is 66.2 cm³/mol. The maximum atomic E-state index is 9.85. The van der Waals surface area contributed by atoms with Crippen molar-refractivity contribution in [2.45, 2.75) is 18.5 Å². The van der Waals surface area contributed by atoms with Crippen LogP contribution >= 0.6 is 9.24 Å². The molecule has 7 nitrogen and oxygen atoms in total. The normalized spacial score (nSPS) is 15.0. The van der Waals surface area contributed by atoms with Crippen LogP contribution in [0.25, 0.3) is 11.2 Å². The van der Waals surface area contributed by atoms with Gasteiger partial charge in [0.15, 0.2) is 11.5 Å². The van der Waals surface area contributed by atoms with Gasteiger partial charge in [-0.25, -0.2) is 15.0 Å². The zero-order chi connectivity index (χ0) is 12.4. The minimum atomic E-state index is -0.668.